The average Bonchev–Trinajstić information content (AvgIpc) is 2.33. The first kappa shape index (κ1) is 17.4. The van der Waals surface area contributed by atoms with Gasteiger partial charge in [0.15, 0.2) is 0 Å². The molecule has 0 fully saturated rings. The Morgan fingerprint density at radius 1 is 1.43 bits per heavy atom. The maximum atomic E-state index is 12.1. The Morgan fingerprint density at radius 3 is 2.57 bits per heavy atom. The average molecular weight is 313 g/mol. The fraction of sp³-hybridized carbons (Fsp3) is 0.533. The molecule has 21 heavy (non-hydrogen) atoms. The Hall–Kier alpha value is -1.62. The van der Waals surface area contributed by atoms with Crippen LogP contribution in [0, 0.1) is 22.5 Å². The van der Waals surface area contributed by atoms with E-state index in [-0.39, 0.29) is 28.6 Å². The van der Waals surface area contributed by atoms with Crippen LogP contribution in [0.25, 0.3) is 0 Å². The molecule has 0 saturated carbocycles. The predicted octanol–water partition coefficient (Wildman–Crippen LogP) is 3.68. The fourth-order valence-corrected chi connectivity index (χ4v) is 2.57. The Morgan fingerprint density at radius 2 is 2.05 bits per heavy atom. The van der Waals surface area contributed by atoms with Crippen LogP contribution in [0.15, 0.2) is 18.2 Å². The summed E-state index contributed by atoms with van der Waals surface area (Å²) in [6.07, 6.45) is 0.741. The third-order valence-corrected chi connectivity index (χ3v) is 3.22. The summed E-state index contributed by atoms with van der Waals surface area (Å²) in [5, 5.41) is 13.4. The monoisotopic (exact) mass is 312 g/mol. The molecule has 1 atom stereocenters. The smallest absolute Gasteiger partial charge is 0.282 e. The number of amides is 1. The lowest BCUT2D eigenvalue weighted by molar-refractivity contribution is -0.385. The van der Waals surface area contributed by atoms with Crippen LogP contribution in [0.3, 0.4) is 0 Å². The number of carbonyl (C=O) groups is 1. The number of rotatable bonds is 5. The number of nitro benzene ring substituents is 1. The topological polar surface area (TPSA) is 72.2 Å². The molecule has 6 heteroatoms. The normalized spacial score (nSPS) is 12.8. The molecular weight excluding hydrogens is 292 g/mol. The molecule has 0 aromatic heterocycles. The van der Waals surface area contributed by atoms with Crippen LogP contribution < -0.4 is 5.32 Å². The summed E-state index contributed by atoms with van der Waals surface area (Å²) in [5.74, 6) is -0.468. The maximum absolute atomic E-state index is 12.1. The predicted molar refractivity (Wildman–Crippen MR) is 83.9 cm³/mol. The molecule has 0 saturated heterocycles. The molecular formula is C15H21ClN2O3. The van der Waals surface area contributed by atoms with Gasteiger partial charge >= 0.3 is 0 Å². The first-order chi connectivity index (χ1) is 9.60. The third-order valence-electron chi connectivity index (χ3n) is 2.91. The molecule has 0 aliphatic carbocycles. The summed E-state index contributed by atoms with van der Waals surface area (Å²) in [5.41, 5.74) is 0.731. The third kappa shape index (κ3) is 5.71. The van der Waals surface area contributed by atoms with Gasteiger partial charge in [-0.25, -0.2) is 0 Å². The number of nitrogens with one attached hydrogen (secondary N) is 1. The summed E-state index contributed by atoms with van der Waals surface area (Å²) >= 11 is 6.18. The molecule has 1 rings (SSSR count). The Kier molecular flexibility index (Phi) is 5.72. The molecule has 0 radical (unpaired) electrons. The summed E-state index contributed by atoms with van der Waals surface area (Å²) in [7, 11) is 0. The van der Waals surface area contributed by atoms with Crippen molar-refractivity contribution >= 4 is 23.2 Å². The van der Waals surface area contributed by atoms with Crippen LogP contribution in [-0.2, 0) is 0 Å². The molecule has 1 N–H and O–H groups in total. The molecule has 1 amide bonds. The van der Waals surface area contributed by atoms with E-state index in [2.05, 4.69) is 26.1 Å². The van der Waals surface area contributed by atoms with Crippen molar-refractivity contribution in [3.05, 3.63) is 39.4 Å². The van der Waals surface area contributed by atoms with Crippen LogP contribution in [0.4, 0.5) is 5.69 Å². The van der Waals surface area contributed by atoms with Crippen LogP contribution in [0.1, 0.15) is 43.1 Å². The number of halogens is 1. The van der Waals surface area contributed by atoms with E-state index in [0.29, 0.717) is 0 Å². The second-order valence-corrected chi connectivity index (χ2v) is 6.97. The second kappa shape index (κ2) is 6.89. The number of aryl methyl sites for hydroxylation is 1. The van der Waals surface area contributed by atoms with E-state index in [0.717, 1.165) is 12.0 Å². The van der Waals surface area contributed by atoms with E-state index >= 15 is 0 Å². The van der Waals surface area contributed by atoms with Gasteiger partial charge in [0.25, 0.3) is 11.6 Å². The highest BCUT2D eigenvalue weighted by atomic mass is 35.5. The fourth-order valence-electron chi connectivity index (χ4n) is 2.03. The van der Waals surface area contributed by atoms with Crippen molar-refractivity contribution < 1.29 is 9.72 Å². The van der Waals surface area contributed by atoms with Gasteiger partial charge in [0, 0.05) is 12.6 Å². The molecule has 0 aliphatic heterocycles. The van der Waals surface area contributed by atoms with Crippen LogP contribution >= 0.6 is 11.6 Å². The summed E-state index contributed by atoms with van der Waals surface area (Å²) in [4.78, 5) is 22.5. The molecule has 0 heterocycles. The first-order valence-electron chi connectivity index (χ1n) is 6.77. The summed E-state index contributed by atoms with van der Waals surface area (Å²) < 4.78 is 0. The number of benzene rings is 1. The summed E-state index contributed by atoms with van der Waals surface area (Å²) in [6.45, 7) is 8.26. The van der Waals surface area contributed by atoms with E-state index in [4.69, 9.17) is 11.6 Å². The van der Waals surface area contributed by atoms with Gasteiger partial charge in [-0.2, -0.15) is 0 Å². The lowest BCUT2D eigenvalue weighted by Gasteiger charge is -2.22. The largest absolute Gasteiger partial charge is 0.350 e. The molecule has 116 valence electrons. The van der Waals surface area contributed by atoms with Gasteiger partial charge in [-0.15, -0.1) is 11.6 Å². The van der Waals surface area contributed by atoms with E-state index in [1.165, 1.54) is 12.1 Å². The Bertz CT molecular complexity index is 538. The van der Waals surface area contributed by atoms with Gasteiger partial charge in [0.2, 0.25) is 0 Å². The lowest BCUT2D eigenvalue weighted by Crippen LogP contribution is -2.32. The minimum absolute atomic E-state index is 0.0620. The number of nitrogens with zero attached hydrogens (tertiary/aromatic N) is 1. The van der Waals surface area contributed by atoms with Crippen LogP contribution in [0.2, 0.25) is 0 Å². The molecule has 1 aromatic rings. The van der Waals surface area contributed by atoms with Gasteiger partial charge < -0.3 is 5.32 Å². The van der Waals surface area contributed by atoms with Gasteiger partial charge in [-0.1, -0.05) is 26.8 Å². The van der Waals surface area contributed by atoms with E-state index < -0.39 is 10.8 Å². The molecule has 1 aromatic carbocycles. The first-order valence-corrected chi connectivity index (χ1v) is 7.21. The number of hydrogen-bond acceptors (Lipinski definition) is 3. The van der Waals surface area contributed by atoms with Gasteiger partial charge in [0.05, 0.1) is 10.3 Å². The SMILES string of the molecule is Cc1ccc([N+](=O)[O-])c(C(=O)NCC(Cl)CC(C)(C)C)c1. The van der Waals surface area contributed by atoms with Crippen molar-refractivity contribution in [2.45, 2.75) is 39.5 Å². The highest BCUT2D eigenvalue weighted by Crippen LogP contribution is 2.24. The molecule has 5 nitrogen and oxygen atoms in total. The number of nitro groups is 1. The molecule has 1 unspecified atom stereocenters. The van der Waals surface area contributed by atoms with Crippen molar-refractivity contribution in [2.75, 3.05) is 6.54 Å². The molecule has 0 spiro atoms. The van der Waals surface area contributed by atoms with E-state index in [9.17, 15) is 14.9 Å². The zero-order valence-electron chi connectivity index (χ0n) is 12.8. The second-order valence-electron chi connectivity index (χ2n) is 6.35. The highest BCUT2D eigenvalue weighted by Gasteiger charge is 2.22. The van der Waals surface area contributed by atoms with Crippen molar-refractivity contribution in [2.24, 2.45) is 5.41 Å². The standard InChI is InChI=1S/C15H21ClN2O3/c1-10-5-6-13(18(20)21)12(7-10)14(19)17-9-11(16)8-15(2,3)4/h5-7,11H,8-9H2,1-4H3,(H,17,19). The Labute approximate surface area is 129 Å². The van der Waals surface area contributed by atoms with E-state index in [1.54, 1.807) is 13.0 Å². The lowest BCUT2D eigenvalue weighted by atomic mass is 9.90. The van der Waals surface area contributed by atoms with Gasteiger partial charge in [-0.05, 0) is 30.4 Å². The van der Waals surface area contributed by atoms with Gasteiger partial charge in [-0.3, -0.25) is 14.9 Å². The minimum atomic E-state index is -0.554. The van der Waals surface area contributed by atoms with Crippen molar-refractivity contribution in [1.82, 2.24) is 5.32 Å². The quantitative estimate of drug-likeness (QED) is 0.512. The van der Waals surface area contributed by atoms with Crippen LogP contribution in [-0.4, -0.2) is 22.8 Å². The molecule has 0 bridgehead atoms. The number of carbonyl (C=O) groups excluding carboxylic acids is 1. The van der Waals surface area contributed by atoms with Gasteiger partial charge in [0.1, 0.15) is 5.56 Å². The number of hydrogen-bond donors (Lipinski definition) is 1. The molecule has 0 aliphatic rings. The summed E-state index contributed by atoms with van der Waals surface area (Å²) in [6, 6.07) is 4.47. The van der Waals surface area contributed by atoms with Crippen molar-refractivity contribution in [3.63, 3.8) is 0 Å². The Balaban J connectivity index is 2.76. The minimum Gasteiger partial charge on any atom is -0.350 e. The van der Waals surface area contributed by atoms with E-state index in [1.807, 2.05) is 0 Å². The number of alkyl halides is 1. The zero-order chi connectivity index (χ0) is 16.2. The van der Waals surface area contributed by atoms with Crippen LogP contribution in [0.5, 0.6) is 0 Å². The highest BCUT2D eigenvalue weighted by molar-refractivity contribution is 6.21. The maximum Gasteiger partial charge on any atom is 0.282 e. The van der Waals surface area contributed by atoms with Crippen molar-refractivity contribution in [3.8, 4) is 0 Å². The zero-order valence-corrected chi connectivity index (χ0v) is 13.5. The van der Waals surface area contributed by atoms with Crippen molar-refractivity contribution in [1.29, 1.82) is 0 Å².